The zero-order chi connectivity index (χ0) is 10.8. The van der Waals surface area contributed by atoms with Crippen molar-refractivity contribution < 1.29 is 5.11 Å². The van der Waals surface area contributed by atoms with E-state index in [9.17, 15) is 5.11 Å². The Labute approximate surface area is 89.8 Å². The molecule has 0 aliphatic heterocycles. The van der Waals surface area contributed by atoms with E-state index in [0.29, 0.717) is 18.4 Å². The molecule has 1 aliphatic carbocycles. The molecule has 4 heteroatoms. The van der Waals surface area contributed by atoms with Gasteiger partial charge in [-0.2, -0.15) is 0 Å². The van der Waals surface area contributed by atoms with Crippen LogP contribution in [-0.2, 0) is 0 Å². The fourth-order valence-corrected chi connectivity index (χ4v) is 1.65. The lowest BCUT2D eigenvalue weighted by molar-refractivity contribution is 0.164. The molecule has 0 saturated heterocycles. The second-order valence-corrected chi connectivity index (χ2v) is 4.26. The highest BCUT2D eigenvalue weighted by Crippen LogP contribution is 2.32. The lowest BCUT2D eigenvalue weighted by Gasteiger charge is -2.11. The third-order valence-electron chi connectivity index (χ3n) is 2.62. The summed E-state index contributed by atoms with van der Waals surface area (Å²) in [6.07, 6.45) is 2.04. The molecule has 0 amide bonds. The van der Waals surface area contributed by atoms with Gasteiger partial charge in [-0.25, -0.2) is 9.97 Å². The number of aryl methyl sites for hydroxylation is 2. The van der Waals surface area contributed by atoms with Crippen LogP contribution in [0.3, 0.4) is 0 Å². The number of anilines is 1. The van der Waals surface area contributed by atoms with Gasteiger partial charge in [-0.15, -0.1) is 0 Å². The van der Waals surface area contributed by atoms with Gasteiger partial charge in [0.1, 0.15) is 0 Å². The monoisotopic (exact) mass is 207 g/mol. The summed E-state index contributed by atoms with van der Waals surface area (Å²) in [5, 5.41) is 12.7. The second-order valence-electron chi connectivity index (χ2n) is 4.26. The van der Waals surface area contributed by atoms with Gasteiger partial charge < -0.3 is 10.4 Å². The van der Waals surface area contributed by atoms with Crippen molar-refractivity contribution in [2.24, 2.45) is 5.92 Å². The van der Waals surface area contributed by atoms with Crippen LogP contribution in [0.1, 0.15) is 24.2 Å². The molecule has 1 heterocycles. The van der Waals surface area contributed by atoms with Crippen molar-refractivity contribution in [3.8, 4) is 0 Å². The van der Waals surface area contributed by atoms with Crippen LogP contribution in [0.4, 0.5) is 5.95 Å². The maximum absolute atomic E-state index is 9.67. The number of nitrogens with zero attached hydrogens (tertiary/aromatic N) is 2. The van der Waals surface area contributed by atoms with Gasteiger partial charge >= 0.3 is 0 Å². The van der Waals surface area contributed by atoms with Gasteiger partial charge in [0.15, 0.2) is 0 Å². The largest absolute Gasteiger partial charge is 0.391 e. The van der Waals surface area contributed by atoms with E-state index in [1.807, 2.05) is 19.9 Å². The maximum atomic E-state index is 9.67. The van der Waals surface area contributed by atoms with Gasteiger partial charge in [0.2, 0.25) is 5.95 Å². The van der Waals surface area contributed by atoms with Crippen LogP contribution in [0.25, 0.3) is 0 Å². The van der Waals surface area contributed by atoms with Crippen LogP contribution in [-0.4, -0.2) is 27.7 Å². The minimum absolute atomic E-state index is 0.255. The minimum Gasteiger partial charge on any atom is -0.391 e. The summed E-state index contributed by atoms with van der Waals surface area (Å²) < 4.78 is 0. The summed E-state index contributed by atoms with van der Waals surface area (Å²) in [6.45, 7) is 4.43. The first-order valence-corrected chi connectivity index (χ1v) is 5.39. The first kappa shape index (κ1) is 10.4. The molecule has 0 bridgehead atoms. The summed E-state index contributed by atoms with van der Waals surface area (Å²) in [4.78, 5) is 8.50. The van der Waals surface area contributed by atoms with Crippen molar-refractivity contribution >= 4 is 5.95 Å². The lowest BCUT2D eigenvalue weighted by Crippen LogP contribution is -2.22. The van der Waals surface area contributed by atoms with Gasteiger partial charge in [0.25, 0.3) is 0 Å². The molecule has 1 saturated carbocycles. The highest BCUT2D eigenvalue weighted by atomic mass is 16.3. The van der Waals surface area contributed by atoms with Crippen LogP contribution in [0, 0.1) is 19.8 Å². The first-order valence-electron chi connectivity index (χ1n) is 5.39. The molecule has 4 nitrogen and oxygen atoms in total. The highest BCUT2D eigenvalue weighted by molar-refractivity contribution is 5.27. The molecule has 1 aliphatic rings. The average Bonchev–Trinajstić information content (AvgIpc) is 2.95. The van der Waals surface area contributed by atoms with E-state index >= 15 is 0 Å². The van der Waals surface area contributed by atoms with Crippen molar-refractivity contribution in [1.29, 1.82) is 0 Å². The zero-order valence-corrected chi connectivity index (χ0v) is 9.20. The molecule has 0 aromatic carbocycles. The Morgan fingerprint density at radius 1 is 1.40 bits per heavy atom. The summed E-state index contributed by atoms with van der Waals surface area (Å²) in [7, 11) is 0. The fourth-order valence-electron chi connectivity index (χ4n) is 1.65. The Kier molecular flexibility index (Phi) is 2.86. The normalized spacial score (nSPS) is 17.5. The van der Waals surface area contributed by atoms with E-state index in [2.05, 4.69) is 15.3 Å². The first-order chi connectivity index (χ1) is 7.15. The van der Waals surface area contributed by atoms with Crippen LogP contribution in [0.15, 0.2) is 6.07 Å². The molecule has 1 unspecified atom stereocenters. The van der Waals surface area contributed by atoms with Crippen molar-refractivity contribution in [3.63, 3.8) is 0 Å². The molecule has 15 heavy (non-hydrogen) atoms. The molecule has 0 radical (unpaired) electrons. The minimum atomic E-state index is -0.255. The van der Waals surface area contributed by atoms with E-state index < -0.39 is 0 Å². The topological polar surface area (TPSA) is 58.0 Å². The van der Waals surface area contributed by atoms with E-state index in [4.69, 9.17) is 0 Å². The number of aliphatic hydroxyl groups excluding tert-OH is 1. The number of aliphatic hydroxyl groups is 1. The third-order valence-corrected chi connectivity index (χ3v) is 2.62. The molecule has 0 spiro atoms. The highest BCUT2D eigenvalue weighted by Gasteiger charge is 2.29. The Balaban J connectivity index is 1.91. The molecular formula is C11H17N3O. The standard InChI is InChI=1S/C11H17N3O/c1-7-5-8(2)14-11(13-7)12-6-10(15)9-3-4-9/h5,9-10,15H,3-4,6H2,1-2H3,(H,12,13,14). The van der Waals surface area contributed by atoms with Crippen molar-refractivity contribution in [2.75, 3.05) is 11.9 Å². The third kappa shape index (κ3) is 2.89. The number of aromatic nitrogens is 2. The SMILES string of the molecule is Cc1cc(C)nc(NCC(O)C2CC2)n1. The summed E-state index contributed by atoms with van der Waals surface area (Å²) in [5.74, 6) is 1.11. The number of rotatable bonds is 4. The summed E-state index contributed by atoms with van der Waals surface area (Å²) in [6, 6.07) is 1.93. The zero-order valence-electron chi connectivity index (χ0n) is 9.20. The van der Waals surface area contributed by atoms with Gasteiger partial charge in [-0.05, 0) is 38.7 Å². The van der Waals surface area contributed by atoms with Crippen molar-refractivity contribution in [1.82, 2.24) is 9.97 Å². The Morgan fingerprint density at radius 2 is 2.00 bits per heavy atom. The molecule has 2 N–H and O–H groups in total. The van der Waals surface area contributed by atoms with E-state index in [1.165, 1.54) is 0 Å². The van der Waals surface area contributed by atoms with Gasteiger partial charge in [0, 0.05) is 17.9 Å². The molecule has 2 rings (SSSR count). The number of hydrogen-bond acceptors (Lipinski definition) is 4. The van der Waals surface area contributed by atoms with Crippen LogP contribution in [0.2, 0.25) is 0 Å². The van der Waals surface area contributed by atoms with Crippen LogP contribution >= 0.6 is 0 Å². The van der Waals surface area contributed by atoms with E-state index in [-0.39, 0.29) is 6.10 Å². The quantitative estimate of drug-likeness (QED) is 0.780. The van der Waals surface area contributed by atoms with Crippen molar-refractivity contribution in [3.05, 3.63) is 17.5 Å². The van der Waals surface area contributed by atoms with Crippen LogP contribution in [0.5, 0.6) is 0 Å². The predicted octanol–water partition coefficient (Wildman–Crippen LogP) is 1.28. The summed E-state index contributed by atoms with van der Waals surface area (Å²) in [5.41, 5.74) is 1.90. The lowest BCUT2D eigenvalue weighted by atomic mass is 10.2. The molecule has 1 atom stereocenters. The molecule has 1 aromatic heterocycles. The number of hydrogen-bond donors (Lipinski definition) is 2. The van der Waals surface area contributed by atoms with E-state index in [0.717, 1.165) is 24.2 Å². The smallest absolute Gasteiger partial charge is 0.223 e. The maximum Gasteiger partial charge on any atom is 0.223 e. The second kappa shape index (κ2) is 4.14. The average molecular weight is 207 g/mol. The summed E-state index contributed by atoms with van der Waals surface area (Å²) >= 11 is 0. The van der Waals surface area contributed by atoms with Gasteiger partial charge in [-0.3, -0.25) is 0 Å². The van der Waals surface area contributed by atoms with Crippen LogP contribution < -0.4 is 5.32 Å². The molecular weight excluding hydrogens is 190 g/mol. The van der Waals surface area contributed by atoms with Gasteiger partial charge in [-0.1, -0.05) is 0 Å². The molecule has 1 aromatic rings. The van der Waals surface area contributed by atoms with Gasteiger partial charge in [0.05, 0.1) is 6.10 Å². The molecule has 82 valence electrons. The number of nitrogens with one attached hydrogen (secondary N) is 1. The molecule has 1 fully saturated rings. The fraction of sp³-hybridized carbons (Fsp3) is 0.636. The Hall–Kier alpha value is -1.16. The predicted molar refractivity (Wildman–Crippen MR) is 58.7 cm³/mol. The Bertz CT molecular complexity index is 329. The van der Waals surface area contributed by atoms with Crippen molar-refractivity contribution in [2.45, 2.75) is 32.8 Å². The van der Waals surface area contributed by atoms with E-state index in [1.54, 1.807) is 0 Å². The Morgan fingerprint density at radius 3 is 2.53 bits per heavy atom.